The molecular formula is C20H30Br2N2O. The summed E-state index contributed by atoms with van der Waals surface area (Å²) < 4.78 is 2.21. The van der Waals surface area contributed by atoms with Gasteiger partial charge < -0.3 is 10.0 Å². The van der Waals surface area contributed by atoms with Crippen LogP contribution in [0.25, 0.3) is 6.08 Å². The van der Waals surface area contributed by atoms with E-state index in [1.807, 2.05) is 0 Å². The molecule has 5 heteroatoms. The van der Waals surface area contributed by atoms with Gasteiger partial charge >= 0.3 is 0 Å². The Bertz CT molecular complexity index is 579. The van der Waals surface area contributed by atoms with E-state index in [4.69, 9.17) is 0 Å². The lowest BCUT2D eigenvalue weighted by Gasteiger charge is -2.32. The molecule has 1 aliphatic rings. The Morgan fingerprint density at radius 3 is 2.36 bits per heavy atom. The number of hydrogen-bond acceptors (Lipinski definition) is 3. The summed E-state index contributed by atoms with van der Waals surface area (Å²) in [6.45, 7) is 7.29. The van der Waals surface area contributed by atoms with Gasteiger partial charge in [0.1, 0.15) is 0 Å². The molecule has 140 valence electrons. The maximum absolute atomic E-state index is 9.67. The van der Waals surface area contributed by atoms with E-state index in [9.17, 15) is 5.11 Å². The first-order valence-corrected chi connectivity index (χ1v) is 10.8. The average Bonchev–Trinajstić information content (AvgIpc) is 2.58. The highest BCUT2D eigenvalue weighted by Gasteiger charge is 2.21. The fourth-order valence-electron chi connectivity index (χ4n) is 3.58. The molecule has 1 fully saturated rings. The maximum atomic E-state index is 9.67. The van der Waals surface area contributed by atoms with E-state index in [-0.39, 0.29) is 6.10 Å². The van der Waals surface area contributed by atoms with Crippen molar-refractivity contribution in [3.05, 3.63) is 32.7 Å². The zero-order valence-electron chi connectivity index (χ0n) is 15.5. The maximum Gasteiger partial charge on any atom is 0.0584 e. The number of nitrogens with zero attached hydrogens (tertiary/aromatic N) is 2. The van der Waals surface area contributed by atoms with Crippen LogP contribution in [0.2, 0.25) is 0 Å². The standard InChI is InChI=1S/C20H30Br2N2O/c1-4-24(5-2)20-15(13-16(21)14-19(20)22)7-6-12-23(3)17-8-10-18(25)11-9-17/h6-7,13-14,17-18,25H,4-5,8-12H2,1-3H3. The van der Waals surface area contributed by atoms with Crippen molar-refractivity contribution in [3.63, 3.8) is 0 Å². The van der Waals surface area contributed by atoms with Gasteiger partial charge in [0.05, 0.1) is 11.8 Å². The van der Waals surface area contributed by atoms with E-state index in [0.717, 1.165) is 54.3 Å². The minimum absolute atomic E-state index is 0.0872. The number of anilines is 1. The van der Waals surface area contributed by atoms with E-state index in [1.54, 1.807) is 0 Å². The topological polar surface area (TPSA) is 26.7 Å². The van der Waals surface area contributed by atoms with Crippen molar-refractivity contribution >= 4 is 43.6 Å². The van der Waals surface area contributed by atoms with Gasteiger partial charge in [-0.25, -0.2) is 0 Å². The predicted molar refractivity (Wildman–Crippen MR) is 115 cm³/mol. The van der Waals surface area contributed by atoms with Crippen LogP contribution >= 0.6 is 31.9 Å². The predicted octanol–water partition coefficient (Wildman–Crippen LogP) is 5.31. The minimum atomic E-state index is -0.0872. The van der Waals surface area contributed by atoms with Gasteiger partial charge in [-0.2, -0.15) is 0 Å². The Morgan fingerprint density at radius 1 is 1.12 bits per heavy atom. The van der Waals surface area contributed by atoms with Crippen molar-refractivity contribution in [1.29, 1.82) is 0 Å². The molecule has 25 heavy (non-hydrogen) atoms. The molecule has 0 unspecified atom stereocenters. The lowest BCUT2D eigenvalue weighted by atomic mass is 9.92. The van der Waals surface area contributed by atoms with E-state index >= 15 is 0 Å². The monoisotopic (exact) mass is 472 g/mol. The fraction of sp³-hybridized carbons (Fsp3) is 0.600. The van der Waals surface area contributed by atoms with Crippen molar-refractivity contribution < 1.29 is 5.11 Å². The second-order valence-electron chi connectivity index (χ2n) is 6.80. The summed E-state index contributed by atoms with van der Waals surface area (Å²) in [6, 6.07) is 4.89. The Hall–Kier alpha value is -0.360. The molecule has 1 aromatic rings. The van der Waals surface area contributed by atoms with Gasteiger partial charge in [-0.15, -0.1) is 0 Å². The Balaban J connectivity index is 2.09. The highest BCUT2D eigenvalue weighted by Crippen LogP contribution is 2.34. The number of benzene rings is 1. The molecule has 1 aliphatic carbocycles. The molecule has 0 saturated heterocycles. The summed E-state index contributed by atoms with van der Waals surface area (Å²) in [6.07, 6.45) is 8.46. The van der Waals surface area contributed by atoms with Crippen LogP contribution in [0.3, 0.4) is 0 Å². The molecule has 0 radical (unpaired) electrons. The first kappa shape index (κ1) is 20.9. The average molecular weight is 474 g/mol. The van der Waals surface area contributed by atoms with Gasteiger partial charge in [0.15, 0.2) is 0 Å². The summed E-state index contributed by atoms with van der Waals surface area (Å²) in [5, 5.41) is 9.67. The van der Waals surface area contributed by atoms with Gasteiger partial charge in [-0.05, 0) is 80.2 Å². The second-order valence-corrected chi connectivity index (χ2v) is 8.57. The number of rotatable bonds is 7. The molecular weight excluding hydrogens is 444 g/mol. The first-order valence-electron chi connectivity index (χ1n) is 9.25. The third-order valence-electron chi connectivity index (χ3n) is 5.12. The van der Waals surface area contributed by atoms with Crippen LogP contribution in [0.15, 0.2) is 27.2 Å². The van der Waals surface area contributed by atoms with Crippen LogP contribution in [0, 0.1) is 0 Å². The smallest absolute Gasteiger partial charge is 0.0584 e. The van der Waals surface area contributed by atoms with E-state index in [2.05, 4.69) is 86.8 Å². The largest absolute Gasteiger partial charge is 0.393 e. The molecule has 0 amide bonds. The molecule has 1 aromatic carbocycles. The number of aliphatic hydroxyl groups is 1. The summed E-state index contributed by atoms with van der Waals surface area (Å²) in [5.74, 6) is 0. The summed E-state index contributed by atoms with van der Waals surface area (Å²) in [4.78, 5) is 4.79. The number of halogens is 2. The van der Waals surface area contributed by atoms with E-state index in [1.165, 1.54) is 11.3 Å². The quantitative estimate of drug-likeness (QED) is 0.581. The molecule has 0 aliphatic heterocycles. The normalized spacial score (nSPS) is 21.2. The van der Waals surface area contributed by atoms with E-state index < -0.39 is 0 Å². The molecule has 0 spiro atoms. The van der Waals surface area contributed by atoms with Gasteiger partial charge in [0, 0.05) is 34.6 Å². The van der Waals surface area contributed by atoms with Crippen LogP contribution in [0.5, 0.6) is 0 Å². The van der Waals surface area contributed by atoms with Gasteiger partial charge in [-0.1, -0.05) is 28.1 Å². The number of hydrogen-bond donors (Lipinski definition) is 1. The third-order valence-corrected chi connectivity index (χ3v) is 6.18. The summed E-state index contributed by atoms with van der Waals surface area (Å²) in [7, 11) is 2.19. The molecule has 0 aromatic heterocycles. The van der Waals surface area contributed by atoms with Crippen LogP contribution in [-0.4, -0.2) is 48.8 Å². The Kier molecular flexibility index (Phi) is 8.46. The van der Waals surface area contributed by atoms with Gasteiger partial charge in [-0.3, -0.25) is 4.90 Å². The van der Waals surface area contributed by atoms with Crippen molar-refractivity contribution in [3.8, 4) is 0 Å². The molecule has 0 bridgehead atoms. The molecule has 0 heterocycles. The van der Waals surface area contributed by atoms with Crippen LogP contribution in [-0.2, 0) is 0 Å². The lowest BCUT2D eigenvalue weighted by molar-refractivity contribution is 0.0883. The first-order chi connectivity index (χ1) is 12.0. The number of likely N-dealkylation sites (N-methyl/N-ethyl adjacent to an activating group) is 1. The van der Waals surface area contributed by atoms with Crippen LogP contribution in [0.4, 0.5) is 5.69 Å². The van der Waals surface area contributed by atoms with Crippen molar-refractivity contribution in [1.82, 2.24) is 4.90 Å². The number of aliphatic hydroxyl groups excluding tert-OH is 1. The van der Waals surface area contributed by atoms with Gasteiger partial charge in [0.25, 0.3) is 0 Å². The van der Waals surface area contributed by atoms with Crippen LogP contribution in [0.1, 0.15) is 45.1 Å². The minimum Gasteiger partial charge on any atom is -0.393 e. The van der Waals surface area contributed by atoms with Crippen molar-refractivity contribution in [2.45, 2.75) is 51.7 Å². The summed E-state index contributed by atoms with van der Waals surface area (Å²) in [5.41, 5.74) is 2.49. The summed E-state index contributed by atoms with van der Waals surface area (Å²) >= 11 is 7.34. The third kappa shape index (κ3) is 5.81. The van der Waals surface area contributed by atoms with E-state index in [0.29, 0.717) is 6.04 Å². The SMILES string of the molecule is CCN(CC)c1c(Br)cc(Br)cc1C=CCN(C)C1CCC(O)CC1. The fourth-order valence-corrected chi connectivity index (χ4v) is 5.09. The highest BCUT2D eigenvalue weighted by molar-refractivity contribution is 9.11. The second kappa shape index (κ2) is 10.1. The molecule has 3 nitrogen and oxygen atoms in total. The van der Waals surface area contributed by atoms with Crippen LogP contribution < -0.4 is 4.90 Å². The van der Waals surface area contributed by atoms with Crippen molar-refractivity contribution in [2.24, 2.45) is 0 Å². The Morgan fingerprint density at radius 2 is 1.76 bits per heavy atom. The zero-order valence-corrected chi connectivity index (χ0v) is 18.7. The molecule has 1 saturated carbocycles. The highest BCUT2D eigenvalue weighted by atomic mass is 79.9. The lowest BCUT2D eigenvalue weighted by Crippen LogP contribution is -2.36. The zero-order chi connectivity index (χ0) is 18.4. The van der Waals surface area contributed by atoms with Gasteiger partial charge in [0.2, 0.25) is 0 Å². The Labute approximate surface area is 169 Å². The molecule has 2 rings (SSSR count). The molecule has 1 N–H and O–H groups in total. The van der Waals surface area contributed by atoms with Crippen molar-refractivity contribution in [2.75, 3.05) is 31.6 Å². The molecule has 0 atom stereocenters.